The van der Waals surface area contributed by atoms with Crippen LogP contribution in [0.2, 0.25) is 0 Å². The molecule has 19 heteroatoms. The van der Waals surface area contributed by atoms with Crippen molar-refractivity contribution in [3.05, 3.63) is 95.1 Å². The molecule has 17 nitrogen and oxygen atoms in total. The van der Waals surface area contributed by atoms with E-state index in [4.69, 9.17) is 15.2 Å². The van der Waals surface area contributed by atoms with Crippen LogP contribution >= 0.6 is 0 Å². The maximum atomic E-state index is 14.5. The van der Waals surface area contributed by atoms with Crippen LogP contribution < -0.4 is 37.1 Å². The van der Waals surface area contributed by atoms with Gasteiger partial charge >= 0.3 is 12.1 Å². The molecule has 3 aromatic carbocycles. The van der Waals surface area contributed by atoms with Crippen LogP contribution in [0.1, 0.15) is 76.0 Å². The second-order valence-electron chi connectivity index (χ2n) is 16.1. The Labute approximate surface area is 372 Å². The molecule has 6 amide bonds. The zero-order chi connectivity index (χ0) is 46.6. The van der Waals surface area contributed by atoms with E-state index in [1.165, 1.54) is 0 Å². The number of aromatic hydroxyl groups is 1. The van der Waals surface area contributed by atoms with E-state index < -0.39 is 64.9 Å². The summed E-state index contributed by atoms with van der Waals surface area (Å²) in [5.41, 5.74) is 6.11. The highest BCUT2D eigenvalue weighted by atomic mass is 19.1. The van der Waals surface area contributed by atoms with Crippen LogP contribution in [0.15, 0.2) is 71.7 Å². The number of nitrogens with one attached hydrogen (secondary N) is 5. The van der Waals surface area contributed by atoms with Crippen molar-refractivity contribution in [1.29, 1.82) is 0 Å². The monoisotopic (exact) mass is 893 g/mol. The lowest BCUT2D eigenvalue weighted by atomic mass is 9.90. The normalized spacial score (nSPS) is 14.2. The van der Waals surface area contributed by atoms with Gasteiger partial charge in [-0.15, -0.1) is 0 Å². The number of halogens is 2. The summed E-state index contributed by atoms with van der Waals surface area (Å²) < 4.78 is 40.6. The molecule has 8 N–H and O–H groups in total. The number of urea groups is 1. The Bertz CT molecular complexity index is 2020. The molecule has 64 heavy (non-hydrogen) atoms. The van der Waals surface area contributed by atoms with E-state index in [2.05, 4.69) is 36.5 Å². The average molecular weight is 894 g/mol. The molecule has 1 aliphatic heterocycles. The molecule has 0 bridgehead atoms. The molecule has 2 atom stereocenters. The minimum absolute atomic E-state index is 0.0371. The Balaban J connectivity index is 1.38. The Kier molecular flexibility index (Phi) is 19.6. The maximum absolute atomic E-state index is 14.5. The zero-order valence-corrected chi connectivity index (χ0v) is 36.9. The van der Waals surface area contributed by atoms with Crippen LogP contribution in [0.4, 0.5) is 18.4 Å². The predicted molar refractivity (Wildman–Crippen MR) is 236 cm³/mol. The number of aliphatic imine (C=N–C) groups is 1. The molecule has 0 saturated carbocycles. The van der Waals surface area contributed by atoms with Gasteiger partial charge in [-0.1, -0.05) is 49.4 Å². The number of phenolic OH excluding ortho intramolecular Hbond substituents is 1. The van der Waals surface area contributed by atoms with Crippen LogP contribution in [0, 0.1) is 11.6 Å². The molecule has 1 fully saturated rings. The highest BCUT2D eigenvalue weighted by molar-refractivity contribution is 5.93. The molecule has 1 saturated heterocycles. The van der Waals surface area contributed by atoms with Crippen LogP contribution in [0.25, 0.3) is 0 Å². The van der Waals surface area contributed by atoms with Crippen molar-refractivity contribution in [2.45, 2.75) is 77.5 Å². The number of benzene rings is 3. The first kappa shape index (κ1) is 50.1. The zero-order valence-electron chi connectivity index (χ0n) is 36.9. The number of guanidine groups is 1. The number of carbonyl (C=O) groups excluding carboxylic acids is 5. The van der Waals surface area contributed by atoms with E-state index in [0.29, 0.717) is 43.0 Å². The van der Waals surface area contributed by atoms with E-state index in [1.807, 2.05) is 26.8 Å². The number of piperazine rings is 1. The lowest BCUT2D eigenvalue weighted by molar-refractivity contribution is -0.129. The van der Waals surface area contributed by atoms with E-state index in [0.717, 1.165) is 38.2 Å². The SMILES string of the molecule is CCC(=O)NCCNC(=O)/N=C(/N)NCCC[C@@H](NC(=O)C(c1ccccc1)c1ccc(OCCCN2CCN(C(=O)OC(C)(C)C)CC2)cc1)C(=O)NCc1c(F)cc(O)cc1F. The molecule has 0 aliphatic carbocycles. The Morgan fingerprint density at radius 1 is 0.828 bits per heavy atom. The number of nitrogens with two attached hydrogens (primary N) is 1. The summed E-state index contributed by atoms with van der Waals surface area (Å²) >= 11 is 0. The molecule has 1 unspecified atom stereocenters. The van der Waals surface area contributed by atoms with Crippen LogP contribution in [-0.2, 0) is 25.7 Å². The number of hydrogen-bond acceptors (Lipinski definition) is 9. The van der Waals surface area contributed by atoms with E-state index in [9.17, 15) is 37.9 Å². The van der Waals surface area contributed by atoms with Gasteiger partial charge in [0.15, 0.2) is 5.96 Å². The number of carbonyl (C=O) groups is 5. The predicted octanol–water partition coefficient (Wildman–Crippen LogP) is 3.85. The third-order valence-electron chi connectivity index (χ3n) is 9.96. The third kappa shape index (κ3) is 17.0. The van der Waals surface area contributed by atoms with Gasteiger partial charge < -0.3 is 51.8 Å². The molecule has 0 radical (unpaired) electrons. The summed E-state index contributed by atoms with van der Waals surface area (Å²) in [6.45, 7) is 11.1. The molecular weight excluding hydrogens is 833 g/mol. The summed E-state index contributed by atoms with van der Waals surface area (Å²) in [7, 11) is 0. The quantitative estimate of drug-likeness (QED) is 0.0490. The van der Waals surface area contributed by atoms with Crippen molar-refractivity contribution >= 4 is 35.8 Å². The summed E-state index contributed by atoms with van der Waals surface area (Å²) in [6.07, 6.45) is 1.03. The largest absolute Gasteiger partial charge is 0.508 e. The van der Waals surface area contributed by atoms with Gasteiger partial charge in [-0.05, 0) is 63.3 Å². The summed E-state index contributed by atoms with van der Waals surface area (Å²) in [5, 5.41) is 22.8. The fourth-order valence-corrected chi connectivity index (χ4v) is 6.64. The van der Waals surface area contributed by atoms with E-state index in [1.54, 1.807) is 60.4 Å². The van der Waals surface area contributed by atoms with Crippen LogP contribution in [0.3, 0.4) is 0 Å². The number of hydrogen-bond donors (Lipinski definition) is 7. The molecule has 348 valence electrons. The molecule has 4 rings (SSSR count). The van der Waals surface area contributed by atoms with Gasteiger partial charge in [-0.3, -0.25) is 19.3 Å². The first-order chi connectivity index (χ1) is 30.5. The standard InChI is InChI=1S/C45H61F2N9O8/c1-5-38(58)49-19-20-51-43(61)54-42(48)50-18-9-13-37(40(59)52-29-34-35(46)27-32(57)28-36(34)47)53-41(60)39(30-11-7-6-8-12-30)31-14-16-33(17-15-31)63-26-10-21-55-22-24-56(25-23-55)44(62)64-45(2,3)4/h6-8,11-12,14-17,27-28,37,39,57H,5,9-10,13,18-26,29H2,1-4H3,(H,49,58)(H,52,59)(H,53,60)(H4,48,50,51,54,61)/t37-,39?/m1/s1. The topological polar surface area (TPSA) is 229 Å². The van der Waals surface area contributed by atoms with E-state index >= 15 is 0 Å². The molecule has 1 aliphatic rings. The Morgan fingerprint density at radius 3 is 2.11 bits per heavy atom. The van der Waals surface area contributed by atoms with Gasteiger partial charge in [0.25, 0.3) is 0 Å². The Hall–Kier alpha value is -6.50. The number of ether oxygens (including phenoxy) is 2. The molecule has 0 aromatic heterocycles. The van der Waals surface area contributed by atoms with Crippen molar-refractivity contribution in [3.8, 4) is 11.5 Å². The molecule has 0 spiro atoms. The fraction of sp³-hybridized carbons (Fsp3) is 0.467. The van der Waals surface area contributed by atoms with Gasteiger partial charge in [0.2, 0.25) is 17.7 Å². The highest BCUT2D eigenvalue weighted by Crippen LogP contribution is 2.27. The lowest BCUT2D eigenvalue weighted by Gasteiger charge is -2.35. The molecule has 3 aromatic rings. The van der Waals surface area contributed by atoms with Crippen LogP contribution in [0.5, 0.6) is 11.5 Å². The summed E-state index contributed by atoms with van der Waals surface area (Å²) in [5.74, 6) is -4.60. The minimum Gasteiger partial charge on any atom is -0.508 e. The summed E-state index contributed by atoms with van der Waals surface area (Å²) in [6, 6.07) is 15.6. The number of rotatable bonds is 20. The second-order valence-corrected chi connectivity index (χ2v) is 16.1. The van der Waals surface area contributed by atoms with Gasteiger partial charge in [-0.25, -0.2) is 18.4 Å². The van der Waals surface area contributed by atoms with Crippen molar-refractivity contribution in [2.24, 2.45) is 10.7 Å². The highest BCUT2D eigenvalue weighted by Gasteiger charge is 2.29. The maximum Gasteiger partial charge on any atom is 0.410 e. The average Bonchev–Trinajstić information content (AvgIpc) is 3.25. The second kappa shape index (κ2) is 25.0. The van der Waals surface area contributed by atoms with Crippen molar-refractivity contribution in [1.82, 2.24) is 36.4 Å². The number of amides is 6. The third-order valence-corrected chi connectivity index (χ3v) is 9.96. The number of nitrogens with zero attached hydrogens (tertiary/aromatic N) is 3. The van der Waals surface area contributed by atoms with Crippen LogP contribution in [-0.4, -0.2) is 121 Å². The van der Waals surface area contributed by atoms with Crippen molar-refractivity contribution < 1.29 is 47.3 Å². The fourth-order valence-electron chi connectivity index (χ4n) is 6.64. The molecular formula is C45H61F2N9O8. The van der Waals surface area contributed by atoms with Gasteiger partial charge in [0.1, 0.15) is 34.8 Å². The summed E-state index contributed by atoms with van der Waals surface area (Å²) in [4.78, 5) is 71.5. The van der Waals surface area contributed by atoms with Crippen molar-refractivity contribution in [2.75, 3.05) is 59.0 Å². The minimum atomic E-state index is -1.19. The first-order valence-electron chi connectivity index (χ1n) is 21.4. The van der Waals surface area contributed by atoms with Gasteiger partial charge in [0, 0.05) is 83.0 Å². The van der Waals surface area contributed by atoms with Gasteiger partial charge in [0.05, 0.1) is 12.5 Å². The first-order valence-corrected chi connectivity index (χ1v) is 21.4. The lowest BCUT2D eigenvalue weighted by Crippen LogP contribution is -2.50. The van der Waals surface area contributed by atoms with Crippen molar-refractivity contribution in [3.63, 3.8) is 0 Å². The molecule has 1 heterocycles. The smallest absolute Gasteiger partial charge is 0.410 e. The van der Waals surface area contributed by atoms with E-state index in [-0.39, 0.29) is 50.4 Å². The number of phenols is 1. The Morgan fingerprint density at radius 2 is 1.47 bits per heavy atom. The van der Waals surface area contributed by atoms with Gasteiger partial charge in [-0.2, -0.15) is 4.99 Å².